The topological polar surface area (TPSA) is 69.7 Å². The number of carbonyl (C=O) groups excluding carboxylic acids is 1. The zero-order valence-corrected chi connectivity index (χ0v) is 29.1. The van der Waals surface area contributed by atoms with Crippen molar-refractivity contribution < 1.29 is 15.0 Å². The SMILES string of the molecule is CCCCCCN1c2ccccc2C(=CC2=C([O-])C(C=C3c4ccccc4N(CCCCCC)c4ccccc43)=C([O-])C2=O)c2ccccc21. The molecule has 0 spiro atoms. The molecule has 4 aromatic carbocycles. The summed E-state index contributed by atoms with van der Waals surface area (Å²) in [5.41, 5.74) is 9.37. The molecule has 0 unspecified atom stereocenters. The van der Waals surface area contributed by atoms with Crippen molar-refractivity contribution in [2.45, 2.75) is 65.2 Å². The van der Waals surface area contributed by atoms with Crippen molar-refractivity contribution in [1.29, 1.82) is 0 Å². The number of benzene rings is 4. The van der Waals surface area contributed by atoms with Crippen LogP contribution in [-0.4, -0.2) is 18.9 Å². The minimum absolute atomic E-state index is 0.0761. The Bertz CT molecular complexity index is 1950. The molecule has 2 aliphatic heterocycles. The number of para-hydroxylation sites is 4. The van der Waals surface area contributed by atoms with Crippen LogP contribution in [0.1, 0.15) is 87.5 Å². The molecule has 0 saturated heterocycles. The van der Waals surface area contributed by atoms with E-state index < -0.39 is 17.3 Å². The molecule has 7 rings (SSSR count). The number of rotatable bonds is 12. The van der Waals surface area contributed by atoms with E-state index >= 15 is 0 Å². The van der Waals surface area contributed by atoms with Gasteiger partial charge >= 0.3 is 0 Å². The van der Waals surface area contributed by atoms with Crippen LogP contribution in [0, 0.1) is 0 Å². The van der Waals surface area contributed by atoms with E-state index in [0.29, 0.717) is 0 Å². The normalized spacial score (nSPS) is 14.9. The van der Waals surface area contributed by atoms with E-state index in [1.165, 1.54) is 25.7 Å². The maximum atomic E-state index is 14.2. The van der Waals surface area contributed by atoms with Gasteiger partial charge < -0.3 is 20.0 Å². The van der Waals surface area contributed by atoms with E-state index in [0.717, 1.165) is 94.9 Å². The largest absolute Gasteiger partial charge is 0.872 e. The van der Waals surface area contributed by atoms with Crippen molar-refractivity contribution in [2.75, 3.05) is 22.9 Å². The molecule has 0 bridgehead atoms. The average Bonchev–Trinajstić information content (AvgIpc) is 3.35. The van der Waals surface area contributed by atoms with E-state index in [1.807, 2.05) is 72.8 Å². The molecule has 0 aromatic heterocycles. The van der Waals surface area contributed by atoms with Gasteiger partial charge in [0.25, 0.3) is 0 Å². The third-order valence-corrected chi connectivity index (χ3v) is 10.2. The molecule has 5 nitrogen and oxygen atoms in total. The molecule has 0 fully saturated rings. The molecular formula is C45H44N2O3-2. The highest BCUT2D eigenvalue weighted by atomic mass is 16.3. The molecule has 0 N–H and O–H groups in total. The third kappa shape index (κ3) is 6.06. The molecule has 50 heavy (non-hydrogen) atoms. The van der Waals surface area contributed by atoms with E-state index in [4.69, 9.17) is 0 Å². The second-order valence-corrected chi connectivity index (χ2v) is 13.4. The van der Waals surface area contributed by atoms with Gasteiger partial charge in [-0.05, 0) is 66.0 Å². The lowest BCUT2D eigenvalue weighted by Gasteiger charge is -2.35. The van der Waals surface area contributed by atoms with E-state index in [9.17, 15) is 15.0 Å². The summed E-state index contributed by atoms with van der Waals surface area (Å²) < 4.78 is 0. The number of ketones is 1. The lowest BCUT2D eigenvalue weighted by Crippen LogP contribution is -2.24. The van der Waals surface area contributed by atoms with Crippen LogP contribution in [0.5, 0.6) is 0 Å². The number of nitrogens with zero attached hydrogens (tertiary/aromatic N) is 2. The fourth-order valence-electron chi connectivity index (χ4n) is 7.63. The second kappa shape index (κ2) is 14.7. The van der Waals surface area contributed by atoms with E-state index in [-0.39, 0.29) is 11.1 Å². The Morgan fingerprint density at radius 2 is 0.840 bits per heavy atom. The summed E-state index contributed by atoms with van der Waals surface area (Å²) in [7, 11) is 0. The fourth-order valence-corrected chi connectivity index (χ4v) is 7.63. The van der Waals surface area contributed by atoms with Crippen molar-refractivity contribution in [3.8, 4) is 0 Å². The molecular weight excluding hydrogens is 617 g/mol. The van der Waals surface area contributed by atoms with Crippen molar-refractivity contribution >= 4 is 39.7 Å². The number of hydrogen-bond donors (Lipinski definition) is 0. The quantitative estimate of drug-likeness (QED) is 0.142. The fraction of sp³-hybridized carbons (Fsp3) is 0.267. The summed E-state index contributed by atoms with van der Waals surface area (Å²) in [4.78, 5) is 18.4. The number of fused-ring (bicyclic) bond motifs is 4. The Labute approximate surface area is 296 Å². The minimum Gasteiger partial charge on any atom is -0.872 e. The molecule has 5 heteroatoms. The van der Waals surface area contributed by atoms with Gasteiger partial charge in [0.15, 0.2) is 5.78 Å². The molecule has 4 aromatic rings. The van der Waals surface area contributed by atoms with E-state index in [2.05, 4.69) is 47.9 Å². The first-order chi connectivity index (χ1) is 24.5. The lowest BCUT2D eigenvalue weighted by molar-refractivity contribution is -0.307. The molecule has 0 radical (unpaired) electrons. The first kappa shape index (κ1) is 33.2. The standard InChI is InChI=1S/C45H46N2O3/c1-3-5-7-17-27-46-39-23-13-9-19-31(39)35(32-20-10-14-24-40(32)46)29-37-43(48)38(45(50)44(37)49)30-36-33-21-11-15-25-41(33)47(28-18-8-6-4-2)42-26-16-12-22-34(36)42/h9-16,19-26,29-30,48H,3-8,17-18,27-28H2,1-2H3,(H,49,50)/p-2. The van der Waals surface area contributed by atoms with Crippen molar-refractivity contribution in [3.05, 3.63) is 154 Å². The molecule has 0 amide bonds. The predicted octanol–water partition coefficient (Wildman–Crippen LogP) is 9.13. The van der Waals surface area contributed by atoms with Gasteiger partial charge in [-0.25, -0.2) is 0 Å². The smallest absolute Gasteiger partial charge is 0.178 e. The molecule has 0 saturated carbocycles. The Balaban J connectivity index is 1.30. The second-order valence-electron chi connectivity index (χ2n) is 13.4. The third-order valence-electron chi connectivity index (χ3n) is 10.2. The summed E-state index contributed by atoms with van der Waals surface area (Å²) in [5.74, 6) is -2.02. The zero-order chi connectivity index (χ0) is 34.6. The highest BCUT2D eigenvalue weighted by Gasteiger charge is 2.30. The maximum absolute atomic E-state index is 14.2. The molecule has 1 aliphatic carbocycles. The van der Waals surface area contributed by atoms with Gasteiger partial charge in [0.05, 0.1) is 0 Å². The van der Waals surface area contributed by atoms with Gasteiger partial charge in [-0.1, -0.05) is 137 Å². The van der Waals surface area contributed by atoms with Crippen molar-refractivity contribution in [3.63, 3.8) is 0 Å². The van der Waals surface area contributed by atoms with Crippen LogP contribution in [-0.2, 0) is 4.79 Å². The van der Waals surface area contributed by atoms with Crippen LogP contribution in [0.15, 0.2) is 132 Å². The van der Waals surface area contributed by atoms with Gasteiger partial charge in [-0.15, -0.1) is 0 Å². The summed E-state index contributed by atoms with van der Waals surface area (Å²) in [5, 5.41) is 28.0. The van der Waals surface area contributed by atoms with Crippen LogP contribution in [0.3, 0.4) is 0 Å². The number of unbranched alkanes of at least 4 members (excludes halogenated alkanes) is 6. The van der Waals surface area contributed by atoms with Crippen LogP contribution >= 0.6 is 0 Å². The van der Waals surface area contributed by atoms with Gasteiger partial charge in [-0.3, -0.25) is 4.79 Å². The highest BCUT2D eigenvalue weighted by Crippen LogP contribution is 2.48. The lowest BCUT2D eigenvalue weighted by atomic mass is 9.88. The number of hydrogen-bond acceptors (Lipinski definition) is 5. The summed E-state index contributed by atoms with van der Waals surface area (Å²) in [6, 6.07) is 32.6. The maximum Gasteiger partial charge on any atom is 0.178 e. The van der Waals surface area contributed by atoms with Gasteiger partial charge in [0, 0.05) is 63.7 Å². The number of carbonyl (C=O) groups is 1. The molecule has 254 valence electrons. The molecule has 2 heterocycles. The Hall–Kier alpha value is -5.29. The van der Waals surface area contributed by atoms with Gasteiger partial charge in [0.1, 0.15) is 0 Å². The van der Waals surface area contributed by atoms with Crippen LogP contribution in [0.25, 0.3) is 11.1 Å². The summed E-state index contributed by atoms with van der Waals surface area (Å²) in [6.07, 6.45) is 12.5. The van der Waals surface area contributed by atoms with Crippen LogP contribution < -0.4 is 20.0 Å². The van der Waals surface area contributed by atoms with Gasteiger partial charge in [-0.2, -0.15) is 0 Å². The van der Waals surface area contributed by atoms with E-state index in [1.54, 1.807) is 12.2 Å². The van der Waals surface area contributed by atoms with Crippen molar-refractivity contribution in [2.24, 2.45) is 0 Å². The number of Topliss-reactive ketones (excluding diaryl/α,β-unsaturated/α-hetero) is 1. The summed E-state index contributed by atoms with van der Waals surface area (Å²) >= 11 is 0. The average molecular weight is 661 g/mol. The van der Waals surface area contributed by atoms with Gasteiger partial charge in [0.2, 0.25) is 0 Å². The minimum atomic E-state index is -0.749. The molecule has 3 aliphatic rings. The van der Waals surface area contributed by atoms with Crippen LogP contribution in [0.4, 0.5) is 22.7 Å². The number of allylic oxidation sites excluding steroid dienone is 3. The monoisotopic (exact) mass is 660 g/mol. The first-order valence-electron chi connectivity index (χ1n) is 18.3. The highest BCUT2D eigenvalue weighted by molar-refractivity contribution is 6.16. The molecule has 0 atom stereocenters. The predicted molar refractivity (Wildman–Crippen MR) is 201 cm³/mol. The number of anilines is 4. The van der Waals surface area contributed by atoms with Crippen LogP contribution in [0.2, 0.25) is 0 Å². The Morgan fingerprint density at radius 3 is 1.22 bits per heavy atom. The first-order valence-corrected chi connectivity index (χ1v) is 18.3. The Kier molecular flexibility index (Phi) is 9.75. The van der Waals surface area contributed by atoms with Crippen molar-refractivity contribution in [1.82, 2.24) is 0 Å². The summed E-state index contributed by atoms with van der Waals surface area (Å²) in [6.45, 7) is 6.18. The zero-order valence-electron chi connectivity index (χ0n) is 29.1. The Morgan fingerprint density at radius 1 is 0.480 bits per heavy atom.